The molecule has 1 aromatic carbocycles. The van der Waals surface area contributed by atoms with Crippen molar-refractivity contribution in [3.8, 4) is 0 Å². The van der Waals surface area contributed by atoms with Crippen LogP contribution in [0.1, 0.15) is 11.3 Å². The van der Waals surface area contributed by atoms with Gasteiger partial charge in [0.25, 0.3) is 0 Å². The van der Waals surface area contributed by atoms with Gasteiger partial charge in [-0.3, -0.25) is 5.10 Å². The Hall–Kier alpha value is -2.03. The topological polar surface area (TPSA) is 33.6 Å². The smallest absolute Gasteiger partial charge is 0.0490 e. The van der Waals surface area contributed by atoms with E-state index in [1.807, 2.05) is 6.07 Å². The molecule has 0 saturated heterocycles. The zero-order chi connectivity index (χ0) is 11.0. The molecule has 2 aromatic heterocycles. The van der Waals surface area contributed by atoms with Gasteiger partial charge in [0.15, 0.2) is 0 Å². The standard InChI is InChI=1S/C13H13N3/c1-16-9-10(8-11-6-7-14-15-11)12-4-2-3-5-13(12)16/h2-7,9H,8H2,1H3,(H,14,15). The van der Waals surface area contributed by atoms with Crippen LogP contribution >= 0.6 is 0 Å². The summed E-state index contributed by atoms with van der Waals surface area (Å²) in [5, 5.41) is 8.29. The van der Waals surface area contributed by atoms with E-state index < -0.39 is 0 Å². The van der Waals surface area contributed by atoms with E-state index in [9.17, 15) is 0 Å². The molecular formula is C13H13N3. The monoisotopic (exact) mass is 211 g/mol. The van der Waals surface area contributed by atoms with Gasteiger partial charge in [0.05, 0.1) is 0 Å². The quantitative estimate of drug-likeness (QED) is 0.694. The molecule has 0 spiro atoms. The summed E-state index contributed by atoms with van der Waals surface area (Å²) in [5.74, 6) is 0. The Bertz CT molecular complexity index is 605. The molecule has 0 fully saturated rings. The first-order valence-electron chi connectivity index (χ1n) is 5.36. The number of benzene rings is 1. The van der Waals surface area contributed by atoms with Crippen molar-refractivity contribution >= 4 is 10.9 Å². The molecule has 0 aliphatic rings. The van der Waals surface area contributed by atoms with E-state index in [2.05, 4.69) is 52.3 Å². The Labute approximate surface area is 93.7 Å². The van der Waals surface area contributed by atoms with Gasteiger partial charge in [-0.1, -0.05) is 18.2 Å². The first-order valence-corrected chi connectivity index (χ1v) is 5.36. The lowest BCUT2D eigenvalue weighted by Gasteiger charge is -1.95. The number of hydrogen-bond donors (Lipinski definition) is 1. The van der Waals surface area contributed by atoms with Crippen LogP contribution in [0.2, 0.25) is 0 Å². The summed E-state index contributed by atoms with van der Waals surface area (Å²) in [5.41, 5.74) is 3.76. The third-order valence-corrected chi connectivity index (χ3v) is 2.92. The fourth-order valence-corrected chi connectivity index (χ4v) is 2.15. The molecule has 1 N–H and O–H groups in total. The third kappa shape index (κ3) is 1.41. The molecule has 0 atom stereocenters. The molecule has 16 heavy (non-hydrogen) atoms. The highest BCUT2D eigenvalue weighted by atomic mass is 15.1. The highest BCUT2D eigenvalue weighted by molar-refractivity contribution is 5.84. The molecule has 3 nitrogen and oxygen atoms in total. The SMILES string of the molecule is Cn1cc(Cc2ccn[nH]2)c2ccccc21. The van der Waals surface area contributed by atoms with Crippen LogP contribution < -0.4 is 0 Å². The normalized spacial score (nSPS) is 11.1. The molecule has 3 heteroatoms. The van der Waals surface area contributed by atoms with E-state index in [1.54, 1.807) is 6.20 Å². The molecule has 80 valence electrons. The van der Waals surface area contributed by atoms with Gasteiger partial charge in [-0.15, -0.1) is 0 Å². The van der Waals surface area contributed by atoms with Crippen molar-refractivity contribution in [3.05, 3.63) is 54.0 Å². The molecule has 0 radical (unpaired) electrons. The van der Waals surface area contributed by atoms with Gasteiger partial charge in [-0.25, -0.2) is 0 Å². The lowest BCUT2D eigenvalue weighted by molar-refractivity contribution is 0.947. The fraction of sp³-hybridized carbons (Fsp3) is 0.154. The summed E-state index contributed by atoms with van der Waals surface area (Å²) in [7, 11) is 2.08. The van der Waals surface area contributed by atoms with Crippen LogP contribution in [0.5, 0.6) is 0 Å². The van der Waals surface area contributed by atoms with E-state index in [-0.39, 0.29) is 0 Å². The molecule has 0 amide bonds. The van der Waals surface area contributed by atoms with Crippen LogP contribution in [0.4, 0.5) is 0 Å². The van der Waals surface area contributed by atoms with Crippen LogP contribution in [0, 0.1) is 0 Å². The Morgan fingerprint density at radius 3 is 2.94 bits per heavy atom. The van der Waals surface area contributed by atoms with Gasteiger partial charge >= 0.3 is 0 Å². The Morgan fingerprint density at radius 2 is 2.12 bits per heavy atom. The van der Waals surface area contributed by atoms with Gasteiger partial charge < -0.3 is 4.57 Å². The second kappa shape index (κ2) is 3.52. The average molecular weight is 211 g/mol. The maximum Gasteiger partial charge on any atom is 0.0490 e. The predicted octanol–water partition coefficient (Wildman–Crippen LogP) is 2.49. The number of aromatic amines is 1. The van der Waals surface area contributed by atoms with Gasteiger partial charge in [0.2, 0.25) is 0 Å². The molecule has 0 aliphatic heterocycles. The zero-order valence-corrected chi connectivity index (χ0v) is 9.14. The summed E-state index contributed by atoms with van der Waals surface area (Å²) in [6.07, 6.45) is 4.88. The summed E-state index contributed by atoms with van der Waals surface area (Å²) in [4.78, 5) is 0. The number of rotatable bonds is 2. The van der Waals surface area contributed by atoms with E-state index >= 15 is 0 Å². The number of H-pyrrole nitrogens is 1. The molecule has 0 aliphatic carbocycles. The van der Waals surface area contributed by atoms with Crippen LogP contribution in [-0.2, 0) is 13.5 Å². The molecular weight excluding hydrogens is 198 g/mol. The largest absolute Gasteiger partial charge is 0.350 e. The number of aryl methyl sites for hydroxylation is 1. The number of fused-ring (bicyclic) bond motifs is 1. The highest BCUT2D eigenvalue weighted by Gasteiger charge is 2.06. The van der Waals surface area contributed by atoms with Crippen molar-refractivity contribution < 1.29 is 0 Å². The van der Waals surface area contributed by atoms with Crippen molar-refractivity contribution in [3.63, 3.8) is 0 Å². The summed E-state index contributed by atoms with van der Waals surface area (Å²) >= 11 is 0. The van der Waals surface area contributed by atoms with Crippen molar-refractivity contribution in [1.82, 2.24) is 14.8 Å². The zero-order valence-electron chi connectivity index (χ0n) is 9.14. The van der Waals surface area contributed by atoms with Gasteiger partial charge in [-0.2, -0.15) is 5.10 Å². The van der Waals surface area contributed by atoms with Crippen molar-refractivity contribution in [1.29, 1.82) is 0 Å². The van der Waals surface area contributed by atoms with Crippen molar-refractivity contribution in [2.75, 3.05) is 0 Å². The molecule has 0 saturated carbocycles. The minimum absolute atomic E-state index is 0.904. The Kier molecular flexibility index (Phi) is 2.03. The Morgan fingerprint density at radius 1 is 1.25 bits per heavy atom. The van der Waals surface area contributed by atoms with E-state index in [0.717, 1.165) is 12.1 Å². The van der Waals surface area contributed by atoms with Crippen LogP contribution in [0.3, 0.4) is 0 Å². The molecule has 2 heterocycles. The van der Waals surface area contributed by atoms with Crippen LogP contribution in [0.25, 0.3) is 10.9 Å². The summed E-state index contributed by atoms with van der Waals surface area (Å²) in [6.45, 7) is 0. The second-order valence-corrected chi connectivity index (χ2v) is 4.04. The van der Waals surface area contributed by atoms with Gasteiger partial charge in [-0.05, 0) is 17.7 Å². The van der Waals surface area contributed by atoms with Gasteiger partial charge in [0.1, 0.15) is 0 Å². The number of nitrogens with zero attached hydrogens (tertiary/aromatic N) is 2. The second-order valence-electron chi connectivity index (χ2n) is 4.04. The lowest BCUT2D eigenvalue weighted by atomic mass is 10.1. The number of hydrogen-bond acceptors (Lipinski definition) is 1. The number of para-hydroxylation sites is 1. The fourth-order valence-electron chi connectivity index (χ4n) is 2.15. The molecule has 0 unspecified atom stereocenters. The maximum absolute atomic E-state index is 3.97. The first kappa shape index (κ1) is 9.21. The molecule has 3 aromatic rings. The van der Waals surface area contributed by atoms with Crippen molar-refractivity contribution in [2.45, 2.75) is 6.42 Å². The minimum atomic E-state index is 0.904. The Balaban J connectivity index is 2.10. The summed E-state index contributed by atoms with van der Waals surface area (Å²) in [6, 6.07) is 10.5. The van der Waals surface area contributed by atoms with E-state index in [1.165, 1.54) is 16.5 Å². The lowest BCUT2D eigenvalue weighted by Crippen LogP contribution is -1.87. The van der Waals surface area contributed by atoms with Crippen LogP contribution in [0.15, 0.2) is 42.7 Å². The summed E-state index contributed by atoms with van der Waals surface area (Å²) < 4.78 is 2.17. The minimum Gasteiger partial charge on any atom is -0.350 e. The van der Waals surface area contributed by atoms with Gasteiger partial charge in [0, 0.05) is 42.5 Å². The number of nitrogens with one attached hydrogen (secondary N) is 1. The molecule has 0 bridgehead atoms. The first-order chi connectivity index (χ1) is 7.84. The van der Waals surface area contributed by atoms with Crippen molar-refractivity contribution in [2.24, 2.45) is 7.05 Å². The maximum atomic E-state index is 3.97. The third-order valence-electron chi connectivity index (χ3n) is 2.92. The highest BCUT2D eigenvalue weighted by Crippen LogP contribution is 2.22. The van der Waals surface area contributed by atoms with E-state index in [0.29, 0.717) is 0 Å². The van der Waals surface area contributed by atoms with Crippen LogP contribution in [-0.4, -0.2) is 14.8 Å². The molecule has 3 rings (SSSR count). The average Bonchev–Trinajstić information content (AvgIpc) is 2.90. The van der Waals surface area contributed by atoms with E-state index in [4.69, 9.17) is 0 Å². The number of aromatic nitrogens is 3. The predicted molar refractivity (Wildman–Crippen MR) is 64.3 cm³/mol.